The molecule has 2 amide bonds. The van der Waals surface area contributed by atoms with E-state index in [0.29, 0.717) is 25.4 Å². The van der Waals surface area contributed by atoms with Gasteiger partial charge in [-0.25, -0.2) is 18.4 Å². The largest absolute Gasteiger partial charge is 0.467 e. The van der Waals surface area contributed by atoms with Gasteiger partial charge in [-0.15, -0.1) is 0 Å². The summed E-state index contributed by atoms with van der Waals surface area (Å²) in [5.41, 5.74) is 2.36. The van der Waals surface area contributed by atoms with Crippen LogP contribution in [0.15, 0.2) is 76.2 Å². The van der Waals surface area contributed by atoms with Crippen LogP contribution in [0.4, 0.5) is 10.5 Å². The fourth-order valence-electron chi connectivity index (χ4n) is 2.58. The number of furan rings is 1. The molecular weight excluding hydrogens is 394 g/mol. The van der Waals surface area contributed by atoms with Gasteiger partial charge < -0.3 is 19.8 Å². The van der Waals surface area contributed by atoms with Crippen LogP contribution in [-0.4, -0.2) is 14.4 Å². The summed E-state index contributed by atoms with van der Waals surface area (Å²) in [4.78, 5) is 12.0. The Morgan fingerprint density at radius 3 is 2.45 bits per heavy atom. The van der Waals surface area contributed by atoms with Gasteiger partial charge in [-0.05, 0) is 47.5 Å². The minimum absolute atomic E-state index is 0.0189. The molecule has 2 aromatic carbocycles. The summed E-state index contributed by atoms with van der Waals surface area (Å²) in [6.45, 7) is 1.15. The summed E-state index contributed by atoms with van der Waals surface area (Å²) in [7, 11) is -3.76. The molecule has 1 heterocycles. The van der Waals surface area contributed by atoms with E-state index in [-0.39, 0.29) is 4.90 Å². The smallest absolute Gasteiger partial charge is 0.319 e. The quantitative estimate of drug-likeness (QED) is 0.522. The van der Waals surface area contributed by atoms with Gasteiger partial charge in [-0.2, -0.15) is 0 Å². The molecule has 3 aromatic rings. The number of anilines is 1. The number of hydrogen-bond donors (Lipinski definition) is 3. The topological polar surface area (TPSA) is 124 Å². The third-order valence-corrected chi connectivity index (χ3v) is 4.91. The summed E-state index contributed by atoms with van der Waals surface area (Å²) in [5.74, 6) is 0.761. The molecule has 9 heteroatoms. The third-order valence-electron chi connectivity index (χ3n) is 3.98. The number of primary sulfonamides is 1. The SMILES string of the molecule is NS(=O)(=O)c1ccc(NC(=O)NCc2cccc(COCc3ccco3)c2)cc1. The van der Waals surface area contributed by atoms with E-state index >= 15 is 0 Å². The molecule has 0 aliphatic rings. The molecule has 0 spiro atoms. The molecule has 1 aromatic heterocycles. The van der Waals surface area contributed by atoms with Crippen LogP contribution >= 0.6 is 0 Å². The van der Waals surface area contributed by atoms with Crippen LogP contribution in [0.5, 0.6) is 0 Å². The van der Waals surface area contributed by atoms with Crippen LogP contribution in [0.25, 0.3) is 0 Å². The number of hydrogen-bond acceptors (Lipinski definition) is 5. The molecule has 0 saturated heterocycles. The van der Waals surface area contributed by atoms with Crippen molar-refractivity contribution in [3.8, 4) is 0 Å². The van der Waals surface area contributed by atoms with E-state index in [2.05, 4.69) is 10.6 Å². The molecule has 4 N–H and O–H groups in total. The Labute approximate surface area is 168 Å². The average molecular weight is 415 g/mol. The van der Waals surface area contributed by atoms with Crippen molar-refractivity contribution in [3.05, 3.63) is 83.8 Å². The summed E-state index contributed by atoms with van der Waals surface area (Å²) in [5, 5.41) is 10.4. The van der Waals surface area contributed by atoms with Gasteiger partial charge in [0.25, 0.3) is 0 Å². The lowest BCUT2D eigenvalue weighted by Crippen LogP contribution is -2.28. The van der Waals surface area contributed by atoms with E-state index in [1.165, 1.54) is 24.3 Å². The fraction of sp³-hybridized carbons (Fsp3) is 0.150. The lowest BCUT2D eigenvalue weighted by molar-refractivity contribution is 0.0929. The number of urea groups is 1. The Balaban J connectivity index is 1.47. The number of sulfonamides is 1. The minimum atomic E-state index is -3.76. The Morgan fingerprint density at radius 1 is 1.00 bits per heavy atom. The predicted octanol–water partition coefficient (Wildman–Crippen LogP) is 2.97. The molecule has 29 heavy (non-hydrogen) atoms. The van der Waals surface area contributed by atoms with E-state index in [4.69, 9.17) is 14.3 Å². The van der Waals surface area contributed by atoms with E-state index in [1.54, 1.807) is 6.26 Å². The van der Waals surface area contributed by atoms with Gasteiger partial charge in [0.05, 0.1) is 17.8 Å². The number of amides is 2. The Kier molecular flexibility index (Phi) is 6.65. The van der Waals surface area contributed by atoms with Crippen molar-refractivity contribution in [1.29, 1.82) is 0 Å². The predicted molar refractivity (Wildman–Crippen MR) is 107 cm³/mol. The highest BCUT2D eigenvalue weighted by Crippen LogP contribution is 2.13. The maximum absolute atomic E-state index is 12.1. The molecule has 0 atom stereocenters. The van der Waals surface area contributed by atoms with Gasteiger partial charge in [0.15, 0.2) is 0 Å². The number of benzene rings is 2. The first-order valence-electron chi connectivity index (χ1n) is 8.76. The molecule has 0 aliphatic carbocycles. The zero-order valence-electron chi connectivity index (χ0n) is 15.5. The van der Waals surface area contributed by atoms with Crippen LogP contribution in [0.2, 0.25) is 0 Å². The zero-order valence-corrected chi connectivity index (χ0v) is 16.3. The lowest BCUT2D eigenvalue weighted by Gasteiger charge is -2.09. The minimum Gasteiger partial charge on any atom is -0.467 e. The van der Waals surface area contributed by atoms with E-state index in [9.17, 15) is 13.2 Å². The van der Waals surface area contributed by atoms with Gasteiger partial charge in [-0.1, -0.05) is 24.3 Å². The van der Waals surface area contributed by atoms with Crippen LogP contribution in [0.1, 0.15) is 16.9 Å². The summed E-state index contributed by atoms with van der Waals surface area (Å²) in [6, 6.07) is 16.5. The second kappa shape index (κ2) is 9.37. The van der Waals surface area contributed by atoms with Crippen molar-refractivity contribution in [1.82, 2.24) is 5.32 Å². The van der Waals surface area contributed by atoms with Gasteiger partial charge in [0.1, 0.15) is 12.4 Å². The zero-order chi connectivity index (χ0) is 20.7. The standard InChI is InChI=1S/C20H21N3O5S/c21-29(25,26)19-8-6-17(7-9-19)23-20(24)22-12-15-3-1-4-16(11-15)13-27-14-18-5-2-10-28-18/h1-11H,12-14H2,(H2,21,25,26)(H2,22,23,24). The fourth-order valence-corrected chi connectivity index (χ4v) is 3.09. The van der Waals surface area contributed by atoms with Crippen molar-refractivity contribution in [2.75, 3.05) is 5.32 Å². The monoisotopic (exact) mass is 415 g/mol. The molecule has 0 fully saturated rings. The second-order valence-corrected chi connectivity index (χ2v) is 7.83. The van der Waals surface area contributed by atoms with E-state index in [1.807, 2.05) is 36.4 Å². The first-order valence-corrected chi connectivity index (χ1v) is 10.3. The van der Waals surface area contributed by atoms with Crippen LogP contribution in [-0.2, 0) is 34.5 Å². The number of rotatable bonds is 8. The van der Waals surface area contributed by atoms with Crippen molar-refractivity contribution < 1.29 is 22.4 Å². The molecule has 0 unspecified atom stereocenters. The maximum atomic E-state index is 12.1. The maximum Gasteiger partial charge on any atom is 0.319 e. The van der Waals surface area contributed by atoms with Crippen molar-refractivity contribution in [2.45, 2.75) is 24.7 Å². The highest BCUT2D eigenvalue weighted by atomic mass is 32.2. The van der Waals surface area contributed by atoms with Crippen molar-refractivity contribution in [3.63, 3.8) is 0 Å². The first-order chi connectivity index (χ1) is 13.9. The van der Waals surface area contributed by atoms with Gasteiger partial charge >= 0.3 is 6.03 Å². The summed E-state index contributed by atoms with van der Waals surface area (Å²) >= 11 is 0. The number of nitrogens with one attached hydrogen (secondary N) is 2. The molecule has 0 saturated carbocycles. The molecule has 152 valence electrons. The molecule has 0 radical (unpaired) electrons. The first kappa shape index (κ1) is 20.6. The van der Waals surface area contributed by atoms with Gasteiger partial charge in [0, 0.05) is 12.2 Å². The summed E-state index contributed by atoms with van der Waals surface area (Å²) < 4.78 is 33.3. The molecular formula is C20H21N3O5S. The van der Waals surface area contributed by atoms with E-state index in [0.717, 1.165) is 16.9 Å². The Hall–Kier alpha value is -3.14. The molecule has 0 aliphatic heterocycles. The van der Waals surface area contributed by atoms with Crippen molar-refractivity contribution in [2.24, 2.45) is 5.14 Å². The van der Waals surface area contributed by atoms with Crippen LogP contribution < -0.4 is 15.8 Å². The number of carbonyl (C=O) groups is 1. The number of ether oxygens (including phenoxy) is 1. The molecule has 3 rings (SSSR count). The third kappa shape index (κ3) is 6.46. The average Bonchev–Trinajstić information content (AvgIpc) is 3.20. The van der Waals surface area contributed by atoms with Crippen LogP contribution in [0, 0.1) is 0 Å². The Bertz CT molecular complexity index is 1050. The highest BCUT2D eigenvalue weighted by molar-refractivity contribution is 7.89. The highest BCUT2D eigenvalue weighted by Gasteiger charge is 2.08. The van der Waals surface area contributed by atoms with Gasteiger partial charge in [-0.3, -0.25) is 0 Å². The number of nitrogens with two attached hydrogens (primary N) is 1. The van der Waals surface area contributed by atoms with E-state index < -0.39 is 16.1 Å². The Morgan fingerprint density at radius 2 is 1.76 bits per heavy atom. The van der Waals surface area contributed by atoms with Crippen LogP contribution in [0.3, 0.4) is 0 Å². The number of carbonyl (C=O) groups excluding carboxylic acids is 1. The second-order valence-electron chi connectivity index (χ2n) is 6.27. The normalized spacial score (nSPS) is 11.2. The molecule has 8 nitrogen and oxygen atoms in total. The van der Waals surface area contributed by atoms with Gasteiger partial charge in [0.2, 0.25) is 10.0 Å². The lowest BCUT2D eigenvalue weighted by atomic mass is 10.1. The van der Waals surface area contributed by atoms with Crippen molar-refractivity contribution >= 4 is 21.7 Å². The summed E-state index contributed by atoms with van der Waals surface area (Å²) in [6.07, 6.45) is 1.60. The molecule has 0 bridgehead atoms.